The van der Waals surface area contributed by atoms with Crippen LogP contribution in [-0.4, -0.2) is 0 Å². The summed E-state index contributed by atoms with van der Waals surface area (Å²) in [6.07, 6.45) is 0.119. The van der Waals surface area contributed by atoms with Gasteiger partial charge in [-0.3, -0.25) is 0 Å². The lowest BCUT2D eigenvalue weighted by Crippen LogP contribution is -2.04. The van der Waals surface area contributed by atoms with Crippen molar-refractivity contribution in [2.75, 3.05) is 0 Å². The van der Waals surface area contributed by atoms with Gasteiger partial charge in [0.15, 0.2) is 5.56 Å². The number of benzene rings is 1. The molecule has 1 aromatic rings. The predicted octanol–water partition coefficient (Wildman–Crippen LogP) is 3.78. The van der Waals surface area contributed by atoms with Gasteiger partial charge in [-0.1, -0.05) is 0 Å². The molecule has 0 heterocycles. The van der Waals surface area contributed by atoms with Crippen LogP contribution < -0.4 is 0 Å². The zero-order valence-corrected chi connectivity index (χ0v) is 10.1. The molecular formula is C14H14N2. The normalized spacial score (nSPS) is 10.0. The van der Waals surface area contributed by atoms with E-state index in [0.29, 0.717) is 5.56 Å². The molecule has 0 amide bonds. The number of nitrogens with zero attached hydrogens (tertiary/aromatic N) is 2. The van der Waals surface area contributed by atoms with E-state index in [4.69, 9.17) is 13.1 Å². The quantitative estimate of drug-likeness (QED) is 0.624. The largest absolute Gasteiger partial charge is 0.675 e. The van der Waals surface area contributed by atoms with Crippen molar-refractivity contribution in [2.24, 2.45) is 0 Å². The highest BCUT2D eigenvalue weighted by atomic mass is 14.9. The van der Waals surface area contributed by atoms with Gasteiger partial charge in [0.25, 0.3) is 0 Å². The van der Waals surface area contributed by atoms with E-state index in [1.165, 1.54) is 5.56 Å². The fraction of sp³-hybridized carbons (Fsp3) is 0.286. The van der Waals surface area contributed by atoms with Crippen molar-refractivity contribution in [1.82, 2.24) is 0 Å². The molecule has 1 aromatic carbocycles. The third-order valence-corrected chi connectivity index (χ3v) is 3.25. The Morgan fingerprint density at radius 2 is 1.31 bits per heavy atom. The first-order valence-corrected chi connectivity index (χ1v) is 5.00. The maximum atomic E-state index is 7.03. The lowest BCUT2D eigenvalue weighted by molar-refractivity contribution is 1.14. The van der Waals surface area contributed by atoms with Crippen LogP contribution in [0.1, 0.15) is 33.4 Å². The van der Waals surface area contributed by atoms with Crippen molar-refractivity contribution < 1.29 is 0 Å². The summed E-state index contributed by atoms with van der Waals surface area (Å²) in [5, 5.41) is 0. The Labute approximate surface area is 97.6 Å². The lowest BCUT2D eigenvalue weighted by atomic mass is 9.88. The van der Waals surface area contributed by atoms with Crippen LogP contribution in [0.15, 0.2) is 0 Å². The van der Waals surface area contributed by atoms with Crippen LogP contribution in [0.2, 0.25) is 0 Å². The van der Waals surface area contributed by atoms with Gasteiger partial charge in [0, 0.05) is 0 Å². The molecule has 2 heteroatoms. The van der Waals surface area contributed by atoms with Crippen molar-refractivity contribution >= 4 is 0 Å². The van der Waals surface area contributed by atoms with Gasteiger partial charge < -0.3 is 0 Å². The summed E-state index contributed by atoms with van der Waals surface area (Å²) >= 11 is 0. The molecule has 0 fully saturated rings. The fourth-order valence-corrected chi connectivity index (χ4v) is 1.83. The standard InChI is InChI=1S/C14H14N2/c1-8-9(2)11(4)13(12(5)10(8)3)14(15-6)16-7/h4H2,1-3,5H3. The van der Waals surface area contributed by atoms with Crippen molar-refractivity contribution in [2.45, 2.75) is 27.7 Å². The van der Waals surface area contributed by atoms with Crippen molar-refractivity contribution in [3.05, 3.63) is 69.3 Å². The second-order valence-electron chi connectivity index (χ2n) is 3.90. The average molecular weight is 210 g/mol. The van der Waals surface area contributed by atoms with Crippen LogP contribution >= 0.6 is 0 Å². The first-order chi connectivity index (χ1) is 7.45. The van der Waals surface area contributed by atoms with Crippen molar-refractivity contribution in [3.63, 3.8) is 0 Å². The molecule has 0 aliphatic heterocycles. The Kier molecular flexibility index (Phi) is 3.35. The van der Waals surface area contributed by atoms with E-state index in [9.17, 15) is 0 Å². The Balaban J connectivity index is 3.67. The summed E-state index contributed by atoms with van der Waals surface area (Å²) in [4.78, 5) is 6.57. The molecule has 0 N–H and O–H groups in total. The molecule has 1 rings (SSSR count). The summed E-state index contributed by atoms with van der Waals surface area (Å²) in [6, 6.07) is 0. The minimum atomic E-state index is 0.119. The number of hydrogen-bond acceptors (Lipinski definition) is 0. The second-order valence-corrected chi connectivity index (χ2v) is 3.90. The van der Waals surface area contributed by atoms with Gasteiger partial charge >= 0.3 is 6.17 Å². The smallest absolute Gasteiger partial charge is 0.223 e. The Morgan fingerprint density at radius 3 is 1.75 bits per heavy atom. The molecule has 0 unspecified atom stereocenters. The summed E-state index contributed by atoms with van der Waals surface area (Å²) in [7, 11) is 0. The third kappa shape index (κ3) is 1.68. The Bertz CT molecular complexity index is 470. The molecule has 0 saturated carbocycles. The van der Waals surface area contributed by atoms with Crippen LogP contribution in [-0.2, 0) is 0 Å². The maximum Gasteiger partial charge on any atom is 0.675 e. The van der Waals surface area contributed by atoms with E-state index in [0.717, 1.165) is 22.3 Å². The monoisotopic (exact) mass is 210 g/mol. The molecule has 0 aliphatic rings. The zero-order valence-electron chi connectivity index (χ0n) is 10.1. The van der Waals surface area contributed by atoms with Crippen LogP contribution in [0.4, 0.5) is 0 Å². The topological polar surface area (TPSA) is 8.72 Å². The molecule has 0 aliphatic carbocycles. The molecule has 0 atom stereocenters. The van der Waals surface area contributed by atoms with E-state index in [1.807, 2.05) is 27.7 Å². The van der Waals surface area contributed by atoms with Gasteiger partial charge in [0.05, 0.1) is 0 Å². The lowest BCUT2D eigenvalue weighted by Gasteiger charge is -2.13. The molecule has 80 valence electrons. The van der Waals surface area contributed by atoms with Gasteiger partial charge in [-0.15, -0.1) is 0 Å². The molecule has 0 spiro atoms. The summed E-state index contributed by atoms with van der Waals surface area (Å²) in [6.45, 7) is 26.1. The first-order valence-electron chi connectivity index (χ1n) is 5.00. The van der Waals surface area contributed by atoms with Crippen LogP contribution in [0, 0.1) is 53.9 Å². The number of rotatable bonds is 1. The van der Waals surface area contributed by atoms with Gasteiger partial charge in [0.2, 0.25) is 0 Å². The van der Waals surface area contributed by atoms with Crippen LogP contribution in [0.3, 0.4) is 0 Å². The first kappa shape index (κ1) is 12.3. The maximum absolute atomic E-state index is 7.03. The molecule has 16 heavy (non-hydrogen) atoms. The molecular weight excluding hydrogens is 196 g/mol. The average Bonchev–Trinajstić information content (AvgIpc) is 2.29. The van der Waals surface area contributed by atoms with Gasteiger partial charge in [-0.25, -0.2) is 22.8 Å². The predicted molar refractivity (Wildman–Crippen MR) is 65.4 cm³/mol. The van der Waals surface area contributed by atoms with Crippen molar-refractivity contribution in [1.29, 1.82) is 0 Å². The van der Waals surface area contributed by atoms with E-state index in [-0.39, 0.29) is 6.17 Å². The Morgan fingerprint density at radius 1 is 0.875 bits per heavy atom. The van der Waals surface area contributed by atoms with Gasteiger partial charge in [-0.2, -0.15) is 0 Å². The second kappa shape index (κ2) is 4.37. The highest BCUT2D eigenvalue weighted by Crippen LogP contribution is 2.32. The minimum absolute atomic E-state index is 0.119. The van der Waals surface area contributed by atoms with E-state index >= 15 is 0 Å². The Hall–Kier alpha value is -1.80. The zero-order chi connectivity index (χ0) is 12.5. The van der Waals surface area contributed by atoms with Gasteiger partial charge in [-0.05, 0) is 62.4 Å². The van der Waals surface area contributed by atoms with E-state index in [1.54, 1.807) is 0 Å². The van der Waals surface area contributed by atoms with Crippen molar-refractivity contribution in [3.8, 4) is 0 Å². The molecule has 0 aromatic heterocycles. The highest BCUT2D eigenvalue weighted by Gasteiger charge is 2.33. The molecule has 2 radical (unpaired) electrons. The summed E-state index contributed by atoms with van der Waals surface area (Å²) < 4.78 is 0. The summed E-state index contributed by atoms with van der Waals surface area (Å²) in [5.74, 6) is 0. The SMILES string of the molecule is [C-]#[N+][C]([N+]#[C-])c1c([CH2])c(C)c(C)c(C)c1C. The fourth-order valence-electron chi connectivity index (χ4n) is 1.83. The van der Waals surface area contributed by atoms with Gasteiger partial charge in [0.1, 0.15) is 0 Å². The molecule has 2 nitrogen and oxygen atoms in total. The van der Waals surface area contributed by atoms with E-state index < -0.39 is 0 Å². The summed E-state index contributed by atoms with van der Waals surface area (Å²) in [5.41, 5.74) is 5.93. The highest BCUT2D eigenvalue weighted by molar-refractivity contribution is 5.58. The van der Waals surface area contributed by atoms with Crippen LogP contribution in [0.5, 0.6) is 0 Å². The number of hydrogen-bond donors (Lipinski definition) is 0. The molecule has 0 bridgehead atoms. The third-order valence-electron chi connectivity index (χ3n) is 3.25. The van der Waals surface area contributed by atoms with E-state index in [2.05, 4.69) is 16.6 Å². The minimum Gasteiger partial charge on any atom is -0.223 e. The van der Waals surface area contributed by atoms with Crippen LogP contribution in [0.25, 0.3) is 9.69 Å². The molecule has 0 saturated heterocycles.